The number of Topliss-reactive ketones (excluding diaryl/α,β-unsaturated/α-hetero) is 1. The van der Waals surface area contributed by atoms with E-state index in [4.69, 9.17) is 5.11 Å². The maximum absolute atomic E-state index is 11.9. The average Bonchev–Trinajstić information content (AvgIpc) is 2.54. The molecule has 1 aromatic rings. The fraction of sp³-hybridized carbons (Fsp3) is 0.471. The second-order valence-electron chi connectivity index (χ2n) is 5.74. The number of carboxylic acid groups (broad SMARTS) is 1. The van der Waals surface area contributed by atoms with Gasteiger partial charge in [-0.2, -0.15) is 0 Å². The van der Waals surface area contributed by atoms with Crippen LogP contribution < -0.4 is 5.32 Å². The summed E-state index contributed by atoms with van der Waals surface area (Å²) in [6.07, 6.45) is 2.95. The summed E-state index contributed by atoms with van der Waals surface area (Å²) in [6.45, 7) is 0. The first-order chi connectivity index (χ1) is 10.6. The Morgan fingerprint density at radius 1 is 1.00 bits per heavy atom. The standard InChI is InChI=1S/C17H21NO4/c19-15(12-4-2-1-3-5-12)10-11-16(20)18-14-8-6-13(7-9-14)17(21)22/h1-5,13-14H,6-11H2,(H,18,20)(H,21,22). The number of carbonyl (C=O) groups excluding carboxylic acids is 2. The van der Waals surface area contributed by atoms with Crippen molar-refractivity contribution in [3.8, 4) is 0 Å². The third kappa shape index (κ3) is 4.69. The normalized spacial score (nSPS) is 21.1. The van der Waals surface area contributed by atoms with Gasteiger partial charge in [-0.3, -0.25) is 14.4 Å². The van der Waals surface area contributed by atoms with Crippen LogP contribution in [0.1, 0.15) is 48.9 Å². The minimum Gasteiger partial charge on any atom is -0.481 e. The van der Waals surface area contributed by atoms with Crippen molar-refractivity contribution in [3.05, 3.63) is 35.9 Å². The van der Waals surface area contributed by atoms with Gasteiger partial charge >= 0.3 is 5.97 Å². The first kappa shape index (κ1) is 16.2. The number of hydrogen-bond acceptors (Lipinski definition) is 3. The molecule has 5 nitrogen and oxygen atoms in total. The minimum absolute atomic E-state index is 0.0367. The van der Waals surface area contributed by atoms with Crippen LogP contribution in [0.3, 0.4) is 0 Å². The molecule has 0 aromatic heterocycles. The number of aliphatic carboxylic acids is 1. The highest BCUT2D eigenvalue weighted by Crippen LogP contribution is 2.24. The molecular formula is C17H21NO4. The summed E-state index contributed by atoms with van der Waals surface area (Å²) in [7, 11) is 0. The zero-order valence-electron chi connectivity index (χ0n) is 12.5. The van der Waals surface area contributed by atoms with Gasteiger partial charge in [-0.15, -0.1) is 0 Å². The van der Waals surface area contributed by atoms with Crippen molar-refractivity contribution in [2.75, 3.05) is 0 Å². The maximum atomic E-state index is 11.9. The van der Waals surface area contributed by atoms with Crippen LogP contribution >= 0.6 is 0 Å². The maximum Gasteiger partial charge on any atom is 0.306 e. The zero-order valence-corrected chi connectivity index (χ0v) is 12.5. The highest BCUT2D eigenvalue weighted by molar-refractivity contribution is 5.97. The quantitative estimate of drug-likeness (QED) is 0.790. The van der Waals surface area contributed by atoms with E-state index in [1.54, 1.807) is 24.3 Å². The predicted molar refractivity (Wildman–Crippen MR) is 81.5 cm³/mol. The van der Waals surface area contributed by atoms with Crippen molar-refractivity contribution in [3.63, 3.8) is 0 Å². The summed E-state index contributed by atoms with van der Waals surface area (Å²) in [5.41, 5.74) is 0.622. The van der Waals surface area contributed by atoms with Crippen molar-refractivity contribution < 1.29 is 19.5 Å². The topological polar surface area (TPSA) is 83.5 Å². The molecule has 0 saturated heterocycles. The Labute approximate surface area is 129 Å². The summed E-state index contributed by atoms with van der Waals surface area (Å²) in [4.78, 5) is 34.7. The Morgan fingerprint density at radius 2 is 1.64 bits per heavy atom. The van der Waals surface area contributed by atoms with Gasteiger partial charge < -0.3 is 10.4 Å². The van der Waals surface area contributed by atoms with Gasteiger partial charge in [0.25, 0.3) is 0 Å². The Hall–Kier alpha value is -2.17. The lowest BCUT2D eigenvalue weighted by atomic mass is 9.86. The van der Waals surface area contributed by atoms with Crippen molar-refractivity contribution in [1.29, 1.82) is 0 Å². The van der Waals surface area contributed by atoms with Crippen LogP contribution in [0.4, 0.5) is 0 Å². The van der Waals surface area contributed by atoms with Crippen molar-refractivity contribution in [1.82, 2.24) is 5.32 Å². The number of benzene rings is 1. The summed E-state index contributed by atoms with van der Waals surface area (Å²) in [5, 5.41) is 11.8. The smallest absolute Gasteiger partial charge is 0.306 e. The molecule has 0 unspecified atom stereocenters. The third-order valence-corrected chi connectivity index (χ3v) is 4.12. The van der Waals surface area contributed by atoms with Crippen LogP contribution in [0.5, 0.6) is 0 Å². The fourth-order valence-electron chi connectivity index (χ4n) is 2.78. The third-order valence-electron chi connectivity index (χ3n) is 4.12. The molecule has 0 radical (unpaired) electrons. The van der Waals surface area contributed by atoms with Crippen molar-refractivity contribution in [2.45, 2.75) is 44.6 Å². The predicted octanol–water partition coefficient (Wildman–Crippen LogP) is 2.41. The molecule has 2 rings (SSSR count). The molecule has 1 aromatic carbocycles. The molecule has 0 atom stereocenters. The number of ketones is 1. The summed E-state index contributed by atoms with van der Waals surface area (Å²) in [5.74, 6) is -1.21. The van der Waals surface area contributed by atoms with Crippen LogP contribution in [0.15, 0.2) is 30.3 Å². The van der Waals surface area contributed by atoms with Gasteiger partial charge in [0.2, 0.25) is 5.91 Å². The van der Waals surface area contributed by atoms with Gasteiger partial charge in [0, 0.05) is 24.4 Å². The van der Waals surface area contributed by atoms with Crippen molar-refractivity contribution in [2.24, 2.45) is 5.92 Å². The first-order valence-electron chi connectivity index (χ1n) is 7.66. The molecule has 1 amide bonds. The number of carbonyl (C=O) groups is 3. The second-order valence-corrected chi connectivity index (χ2v) is 5.74. The highest BCUT2D eigenvalue weighted by Gasteiger charge is 2.26. The molecule has 5 heteroatoms. The summed E-state index contributed by atoms with van der Waals surface area (Å²) < 4.78 is 0. The van der Waals surface area contributed by atoms with E-state index < -0.39 is 5.97 Å². The monoisotopic (exact) mass is 303 g/mol. The van der Waals surface area contributed by atoms with Crippen LogP contribution in [0, 0.1) is 5.92 Å². The molecular weight excluding hydrogens is 282 g/mol. The van der Waals surface area contributed by atoms with E-state index in [-0.39, 0.29) is 36.5 Å². The first-order valence-corrected chi connectivity index (χ1v) is 7.66. The summed E-state index contributed by atoms with van der Waals surface area (Å²) in [6, 6.07) is 8.97. The van der Waals surface area contributed by atoms with E-state index in [1.807, 2.05) is 6.07 Å². The summed E-state index contributed by atoms with van der Waals surface area (Å²) >= 11 is 0. The molecule has 22 heavy (non-hydrogen) atoms. The fourth-order valence-corrected chi connectivity index (χ4v) is 2.78. The number of amides is 1. The Kier molecular flexibility index (Phi) is 5.69. The average molecular weight is 303 g/mol. The highest BCUT2D eigenvalue weighted by atomic mass is 16.4. The van der Waals surface area contributed by atoms with Gasteiger partial charge in [-0.25, -0.2) is 0 Å². The van der Waals surface area contributed by atoms with E-state index in [2.05, 4.69) is 5.32 Å². The van der Waals surface area contributed by atoms with E-state index >= 15 is 0 Å². The van der Waals surface area contributed by atoms with Crippen LogP contribution in [-0.2, 0) is 9.59 Å². The molecule has 0 aliphatic heterocycles. The number of hydrogen-bond donors (Lipinski definition) is 2. The number of carboxylic acids is 1. The van der Waals surface area contributed by atoms with Crippen molar-refractivity contribution >= 4 is 17.7 Å². The van der Waals surface area contributed by atoms with E-state index in [9.17, 15) is 14.4 Å². The molecule has 118 valence electrons. The molecule has 0 heterocycles. The Balaban J connectivity index is 1.70. The Morgan fingerprint density at radius 3 is 2.23 bits per heavy atom. The zero-order chi connectivity index (χ0) is 15.9. The molecule has 1 aliphatic carbocycles. The molecule has 0 bridgehead atoms. The largest absolute Gasteiger partial charge is 0.481 e. The van der Waals surface area contributed by atoms with Gasteiger partial charge in [-0.1, -0.05) is 30.3 Å². The molecule has 1 saturated carbocycles. The molecule has 1 aliphatic rings. The lowest BCUT2D eigenvalue weighted by Gasteiger charge is -2.26. The lowest BCUT2D eigenvalue weighted by Crippen LogP contribution is -2.38. The molecule has 0 spiro atoms. The SMILES string of the molecule is O=C(CCC(=O)c1ccccc1)NC1CCC(C(=O)O)CC1. The number of rotatable bonds is 6. The van der Waals surface area contributed by atoms with E-state index in [0.29, 0.717) is 31.2 Å². The second kappa shape index (κ2) is 7.73. The van der Waals surface area contributed by atoms with Crippen LogP contribution in [0.2, 0.25) is 0 Å². The van der Waals surface area contributed by atoms with E-state index in [0.717, 1.165) is 0 Å². The van der Waals surface area contributed by atoms with E-state index in [1.165, 1.54) is 0 Å². The van der Waals surface area contributed by atoms with Crippen LogP contribution in [0.25, 0.3) is 0 Å². The molecule has 1 fully saturated rings. The lowest BCUT2D eigenvalue weighted by molar-refractivity contribution is -0.142. The van der Waals surface area contributed by atoms with Crippen LogP contribution in [-0.4, -0.2) is 28.8 Å². The van der Waals surface area contributed by atoms with Gasteiger partial charge in [-0.05, 0) is 25.7 Å². The van der Waals surface area contributed by atoms with Gasteiger partial charge in [0.15, 0.2) is 5.78 Å². The van der Waals surface area contributed by atoms with Gasteiger partial charge in [0.1, 0.15) is 0 Å². The van der Waals surface area contributed by atoms with Gasteiger partial charge in [0.05, 0.1) is 5.92 Å². The number of nitrogens with one attached hydrogen (secondary N) is 1. The Bertz CT molecular complexity index is 533. The minimum atomic E-state index is -0.752. The molecule has 2 N–H and O–H groups in total.